The summed E-state index contributed by atoms with van der Waals surface area (Å²) in [5, 5.41) is 7.82. The lowest BCUT2D eigenvalue weighted by atomic mass is 9.49. The van der Waals surface area contributed by atoms with Gasteiger partial charge in [0.1, 0.15) is 5.75 Å². The first-order valence-electron chi connectivity index (χ1n) is 15.4. The minimum absolute atomic E-state index is 0.124. The second-order valence-corrected chi connectivity index (χ2v) is 14.0. The number of hydrazone groups is 1. The number of hydrogen-bond acceptors (Lipinski definition) is 4. The second kappa shape index (κ2) is 10.2. The number of nitrogens with zero attached hydrogens (tertiary/aromatic N) is 2. The van der Waals surface area contributed by atoms with E-state index in [9.17, 15) is 9.59 Å². The fraction of sp³-hybridized carbons (Fsp3) is 0.361. The van der Waals surface area contributed by atoms with Crippen LogP contribution < -0.4 is 10.3 Å². The number of aromatic amines is 1. The highest BCUT2D eigenvalue weighted by atomic mass is 79.9. The lowest BCUT2D eigenvalue weighted by Gasteiger charge is -2.56. The molecule has 4 bridgehead atoms. The van der Waals surface area contributed by atoms with Crippen LogP contribution >= 0.6 is 15.9 Å². The number of ether oxygens (including phenoxy) is 1. The van der Waals surface area contributed by atoms with Crippen molar-refractivity contribution in [1.29, 1.82) is 0 Å². The average Bonchev–Trinajstić information content (AvgIpc) is 3.44. The van der Waals surface area contributed by atoms with Crippen LogP contribution in [-0.2, 0) is 4.79 Å². The molecule has 4 fully saturated rings. The van der Waals surface area contributed by atoms with Crippen molar-refractivity contribution in [3.63, 3.8) is 0 Å². The van der Waals surface area contributed by atoms with Crippen molar-refractivity contribution in [3.05, 3.63) is 98.7 Å². The van der Waals surface area contributed by atoms with E-state index in [0.29, 0.717) is 35.4 Å². The first-order chi connectivity index (χ1) is 20.9. The van der Waals surface area contributed by atoms with Crippen molar-refractivity contribution >= 4 is 38.5 Å². The maximum Gasteiger partial charge on any atom is 0.258 e. The lowest BCUT2D eigenvalue weighted by Crippen LogP contribution is -2.53. The van der Waals surface area contributed by atoms with E-state index in [1.165, 1.54) is 19.3 Å². The Morgan fingerprint density at radius 1 is 0.930 bits per heavy atom. The Bertz CT molecular complexity index is 1810. The number of fused-ring (bicyclic) bond motifs is 1. The van der Waals surface area contributed by atoms with Gasteiger partial charge in [0.25, 0.3) is 5.56 Å². The second-order valence-electron chi connectivity index (χ2n) is 13.1. The highest BCUT2D eigenvalue weighted by Crippen LogP contribution is 2.61. The van der Waals surface area contributed by atoms with Crippen LogP contribution in [0, 0.1) is 23.2 Å². The van der Waals surface area contributed by atoms with Crippen LogP contribution in [0.1, 0.15) is 62.1 Å². The van der Waals surface area contributed by atoms with Crippen LogP contribution in [0.25, 0.3) is 22.0 Å². The van der Waals surface area contributed by atoms with E-state index in [4.69, 9.17) is 9.84 Å². The third-order valence-corrected chi connectivity index (χ3v) is 10.9. The number of methoxy groups -OCH3 is 1. The van der Waals surface area contributed by atoms with Gasteiger partial charge in [-0.3, -0.25) is 9.59 Å². The van der Waals surface area contributed by atoms with Crippen LogP contribution in [0.4, 0.5) is 0 Å². The summed E-state index contributed by atoms with van der Waals surface area (Å²) < 4.78 is 6.73. The van der Waals surface area contributed by atoms with Crippen LogP contribution in [0.3, 0.4) is 0 Å². The fourth-order valence-corrected chi connectivity index (χ4v) is 9.45. The average molecular weight is 637 g/mol. The number of rotatable bonds is 5. The molecule has 3 aromatic carbocycles. The minimum atomic E-state index is -0.364. The molecule has 0 spiro atoms. The third-order valence-electron chi connectivity index (χ3n) is 10.4. The molecule has 1 amide bonds. The Labute approximate surface area is 259 Å². The van der Waals surface area contributed by atoms with Crippen molar-refractivity contribution in [2.24, 2.45) is 28.3 Å². The maximum absolute atomic E-state index is 14.8. The molecule has 7 heteroatoms. The zero-order valence-electron chi connectivity index (χ0n) is 24.2. The fourth-order valence-electron chi connectivity index (χ4n) is 9.09. The SMILES string of the molecule is COc1ccccc1[C@@H]1CC(c2c(-c3ccccc3)c3cc(Br)ccc3[nH]c2=O)=NN1C(=O)C12CC3CC(CC(C3)C1)C2. The minimum Gasteiger partial charge on any atom is -0.496 e. The van der Waals surface area contributed by atoms with Gasteiger partial charge in [-0.15, -0.1) is 0 Å². The largest absolute Gasteiger partial charge is 0.496 e. The van der Waals surface area contributed by atoms with Crippen LogP contribution in [0.2, 0.25) is 0 Å². The summed E-state index contributed by atoms with van der Waals surface area (Å²) >= 11 is 3.64. The zero-order chi connectivity index (χ0) is 29.3. The Morgan fingerprint density at radius 3 is 2.30 bits per heavy atom. The summed E-state index contributed by atoms with van der Waals surface area (Å²) in [5.74, 6) is 2.76. The number of amides is 1. The summed E-state index contributed by atoms with van der Waals surface area (Å²) in [7, 11) is 1.67. The first kappa shape index (κ1) is 26.9. The quantitative estimate of drug-likeness (QED) is 0.242. The molecule has 1 aliphatic heterocycles. The molecule has 4 saturated carbocycles. The van der Waals surface area contributed by atoms with Gasteiger partial charge in [-0.05, 0) is 86.1 Å². The molecule has 1 N–H and O–H groups in total. The van der Waals surface area contributed by atoms with E-state index < -0.39 is 0 Å². The first-order valence-corrected chi connectivity index (χ1v) is 16.2. The van der Waals surface area contributed by atoms with E-state index in [-0.39, 0.29) is 22.9 Å². The van der Waals surface area contributed by atoms with Crippen LogP contribution in [-0.4, -0.2) is 28.7 Å². The highest BCUT2D eigenvalue weighted by molar-refractivity contribution is 9.10. The molecule has 4 aliphatic carbocycles. The Morgan fingerprint density at radius 2 is 1.60 bits per heavy atom. The van der Waals surface area contributed by atoms with Gasteiger partial charge >= 0.3 is 0 Å². The van der Waals surface area contributed by atoms with E-state index in [1.54, 1.807) is 12.1 Å². The van der Waals surface area contributed by atoms with E-state index in [2.05, 4.69) is 20.9 Å². The number of para-hydroxylation sites is 1. The molecule has 43 heavy (non-hydrogen) atoms. The molecular weight excluding hydrogens is 602 g/mol. The maximum atomic E-state index is 14.8. The van der Waals surface area contributed by atoms with E-state index >= 15 is 0 Å². The summed E-state index contributed by atoms with van der Waals surface area (Å²) in [6.07, 6.45) is 7.09. The number of hydrogen-bond donors (Lipinski definition) is 1. The van der Waals surface area contributed by atoms with Gasteiger partial charge < -0.3 is 9.72 Å². The molecule has 4 aromatic rings. The molecule has 218 valence electrons. The summed E-state index contributed by atoms with van der Waals surface area (Å²) in [6, 6.07) is 23.5. The number of carbonyl (C=O) groups excluding carboxylic acids is 1. The van der Waals surface area contributed by atoms with Gasteiger partial charge in [0, 0.05) is 32.9 Å². The molecule has 1 aromatic heterocycles. The molecule has 9 rings (SSSR count). The number of halogens is 1. The third kappa shape index (κ3) is 4.38. The normalized spacial score (nSPS) is 27.5. The van der Waals surface area contributed by atoms with Gasteiger partial charge in [0.2, 0.25) is 5.91 Å². The molecule has 0 radical (unpaired) electrons. The van der Waals surface area contributed by atoms with Gasteiger partial charge in [-0.25, -0.2) is 5.01 Å². The van der Waals surface area contributed by atoms with Crippen molar-refractivity contribution < 1.29 is 9.53 Å². The van der Waals surface area contributed by atoms with Crippen molar-refractivity contribution in [2.45, 2.75) is 51.0 Å². The predicted octanol–water partition coefficient (Wildman–Crippen LogP) is 7.86. The van der Waals surface area contributed by atoms with Crippen molar-refractivity contribution in [2.75, 3.05) is 7.11 Å². The summed E-state index contributed by atoms with van der Waals surface area (Å²) in [6.45, 7) is 0. The Kier molecular flexibility index (Phi) is 6.37. The Balaban J connectivity index is 1.31. The number of carbonyl (C=O) groups is 1. The van der Waals surface area contributed by atoms with Gasteiger partial charge in [0.15, 0.2) is 0 Å². The van der Waals surface area contributed by atoms with E-state index in [0.717, 1.165) is 57.1 Å². The highest BCUT2D eigenvalue weighted by Gasteiger charge is 2.57. The van der Waals surface area contributed by atoms with Gasteiger partial charge in [-0.1, -0.05) is 64.5 Å². The standard InChI is InChI=1S/C36H34BrN3O3/c1-43-31-10-6-5-9-26(31)30-17-29(39-40(30)35(42)36-18-21-13-22(19-36)15-23(14-21)20-36)33-32(24-7-3-2-4-8-24)27-16-25(37)11-12-28(27)38-34(33)41/h2-12,16,21-23,30H,13-15,17-20H2,1H3,(H,38,41)/t21?,22?,23?,30-,36?/m0/s1. The molecule has 0 saturated heterocycles. The molecule has 0 unspecified atom stereocenters. The van der Waals surface area contributed by atoms with E-state index in [1.807, 2.05) is 72.8 Å². The van der Waals surface area contributed by atoms with Crippen molar-refractivity contribution in [1.82, 2.24) is 9.99 Å². The van der Waals surface area contributed by atoms with Gasteiger partial charge in [-0.2, -0.15) is 5.10 Å². The molecule has 1 atom stereocenters. The number of H-pyrrole nitrogens is 1. The predicted molar refractivity (Wildman–Crippen MR) is 172 cm³/mol. The number of nitrogens with one attached hydrogen (secondary N) is 1. The summed E-state index contributed by atoms with van der Waals surface area (Å²) in [4.78, 5) is 31.9. The van der Waals surface area contributed by atoms with Crippen molar-refractivity contribution in [3.8, 4) is 16.9 Å². The molecule has 6 nitrogen and oxygen atoms in total. The lowest BCUT2D eigenvalue weighted by molar-refractivity contribution is -0.159. The van der Waals surface area contributed by atoms with Gasteiger partial charge in [0.05, 0.1) is 29.8 Å². The number of benzene rings is 3. The molecular formula is C36H34BrN3O3. The summed E-state index contributed by atoms with van der Waals surface area (Å²) in [5.41, 5.74) is 4.05. The zero-order valence-corrected chi connectivity index (χ0v) is 25.8. The Hall–Kier alpha value is -3.71. The van der Waals surface area contributed by atoms with Crippen LogP contribution in [0.15, 0.2) is 87.2 Å². The molecule has 5 aliphatic rings. The number of aromatic nitrogens is 1. The molecule has 2 heterocycles. The monoisotopic (exact) mass is 635 g/mol. The smallest absolute Gasteiger partial charge is 0.258 e. The topological polar surface area (TPSA) is 74.8 Å². The van der Waals surface area contributed by atoms with Crippen LogP contribution in [0.5, 0.6) is 5.75 Å². The number of pyridine rings is 1.